The van der Waals surface area contributed by atoms with Crippen molar-refractivity contribution in [2.24, 2.45) is 0 Å². The summed E-state index contributed by atoms with van der Waals surface area (Å²) in [4.78, 5) is 0.954. The fraction of sp³-hybridized carbons (Fsp3) is 0.250. The Bertz CT molecular complexity index is 815. The number of hydrogen-bond acceptors (Lipinski definition) is 2. The van der Waals surface area contributed by atoms with E-state index in [1.165, 1.54) is 5.56 Å². The van der Waals surface area contributed by atoms with Gasteiger partial charge in [-0.1, -0.05) is 18.2 Å². The molecule has 0 radical (unpaired) electrons. The third-order valence-electron chi connectivity index (χ3n) is 4.34. The van der Waals surface area contributed by atoms with Crippen LogP contribution in [0.3, 0.4) is 0 Å². The maximum absolute atomic E-state index is 12.7. The van der Waals surface area contributed by atoms with Crippen molar-refractivity contribution in [3.63, 3.8) is 0 Å². The van der Waals surface area contributed by atoms with Gasteiger partial charge >= 0.3 is 0 Å². The van der Waals surface area contributed by atoms with Crippen molar-refractivity contribution in [3.05, 3.63) is 46.5 Å². The van der Waals surface area contributed by atoms with Gasteiger partial charge in [-0.15, -0.1) is 0 Å². The molecule has 0 fully saturated rings. The summed E-state index contributed by atoms with van der Waals surface area (Å²) in [5, 5.41) is 0. The zero-order chi connectivity index (χ0) is 13.9. The molecule has 0 N–H and O–H groups in total. The van der Waals surface area contributed by atoms with E-state index in [-0.39, 0.29) is 0 Å². The summed E-state index contributed by atoms with van der Waals surface area (Å²) in [5.74, 6) is 0. The number of fused-ring (bicyclic) bond motifs is 3. The van der Waals surface area contributed by atoms with E-state index in [1.807, 2.05) is 32.9 Å². The molecule has 2 nitrogen and oxygen atoms in total. The van der Waals surface area contributed by atoms with E-state index in [0.29, 0.717) is 9.79 Å². The summed E-state index contributed by atoms with van der Waals surface area (Å²) in [5.41, 5.74) is 5.97. The second-order valence-electron chi connectivity index (χ2n) is 5.20. The van der Waals surface area contributed by atoms with Gasteiger partial charge in [0.25, 0.3) is 0 Å². The van der Waals surface area contributed by atoms with Crippen LogP contribution in [-0.4, -0.2) is 8.42 Å². The van der Waals surface area contributed by atoms with E-state index in [9.17, 15) is 8.42 Å². The maximum atomic E-state index is 12.7. The number of hydrogen-bond donors (Lipinski definition) is 0. The standard InChI is InChI=1S/C16H16O2S/c1-9-10(2)12(4)16-15(11(9)3)13-7-5-6-8-14(13)19(16,17)18/h5-8H,1-4H3. The average molecular weight is 272 g/mol. The average Bonchev–Trinajstić information content (AvgIpc) is 2.63. The highest BCUT2D eigenvalue weighted by molar-refractivity contribution is 7.92. The molecule has 0 amide bonds. The third kappa shape index (κ3) is 1.39. The summed E-state index contributed by atoms with van der Waals surface area (Å²) in [6.07, 6.45) is 0. The molecule has 0 unspecified atom stereocenters. The van der Waals surface area contributed by atoms with E-state index < -0.39 is 9.84 Å². The van der Waals surface area contributed by atoms with Crippen LogP contribution >= 0.6 is 0 Å². The molecule has 1 aliphatic heterocycles. The molecular weight excluding hydrogens is 256 g/mol. The summed E-state index contributed by atoms with van der Waals surface area (Å²) >= 11 is 0. The molecule has 3 rings (SSSR count). The van der Waals surface area contributed by atoms with E-state index in [2.05, 4.69) is 6.92 Å². The normalized spacial score (nSPS) is 15.2. The molecule has 2 aromatic rings. The lowest BCUT2D eigenvalue weighted by Gasteiger charge is -2.15. The van der Waals surface area contributed by atoms with Gasteiger partial charge in [-0.05, 0) is 56.0 Å². The first-order valence-corrected chi connectivity index (χ1v) is 7.80. The molecule has 0 saturated heterocycles. The third-order valence-corrected chi connectivity index (χ3v) is 6.33. The highest BCUT2D eigenvalue weighted by Gasteiger charge is 2.36. The van der Waals surface area contributed by atoms with Crippen molar-refractivity contribution >= 4 is 9.84 Å². The smallest absolute Gasteiger partial charge is 0.208 e. The van der Waals surface area contributed by atoms with Crippen LogP contribution in [0.25, 0.3) is 11.1 Å². The Labute approximate surface area is 114 Å². The first-order valence-electron chi connectivity index (χ1n) is 6.32. The van der Waals surface area contributed by atoms with Crippen molar-refractivity contribution in [3.8, 4) is 11.1 Å². The largest absolute Gasteiger partial charge is 0.218 e. The van der Waals surface area contributed by atoms with Crippen molar-refractivity contribution in [2.75, 3.05) is 0 Å². The molecule has 1 heterocycles. The molecule has 0 saturated carbocycles. The van der Waals surface area contributed by atoms with Crippen molar-refractivity contribution in [2.45, 2.75) is 37.5 Å². The zero-order valence-electron chi connectivity index (χ0n) is 11.5. The summed E-state index contributed by atoms with van der Waals surface area (Å²) in [7, 11) is -3.36. The number of sulfone groups is 1. The van der Waals surface area contributed by atoms with Crippen molar-refractivity contribution in [1.82, 2.24) is 0 Å². The van der Waals surface area contributed by atoms with Crippen LogP contribution in [0.4, 0.5) is 0 Å². The fourth-order valence-corrected chi connectivity index (χ4v) is 4.98. The van der Waals surface area contributed by atoms with Crippen LogP contribution in [-0.2, 0) is 9.84 Å². The van der Waals surface area contributed by atoms with Crippen molar-refractivity contribution in [1.29, 1.82) is 0 Å². The Morgan fingerprint density at radius 1 is 0.789 bits per heavy atom. The van der Waals surface area contributed by atoms with E-state index >= 15 is 0 Å². The quantitative estimate of drug-likeness (QED) is 0.625. The second-order valence-corrected chi connectivity index (χ2v) is 7.06. The molecule has 2 aromatic carbocycles. The first kappa shape index (κ1) is 12.4. The van der Waals surface area contributed by atoms with Gasteiger partial charge in [0.15, 0.2) is 0 Å². The molecule has 0 aromatic heterocycles. The van der Waals surface area contributed by atoms with Gasteiger partial charge in [0.2, 0.25) is 9.84 Å². The molecule has 0 spiro atoms. The predicted molar refractivity (Wildman–Crippen MR) is 76.3 cm³/mol. The molecule has 1 aliphatic rings. The molecule has 0 atom stereocenters. The molecule has 19 heavy (non-hydrogen) atoms. The van der Waals surface area contributed by atoms with Crippen LogP contribution < -0.4 is 0 Å². The molecule has 0 aliphatic carbocycles. The number of benzene rings is 2. The van der Waals surface area contributed by atoms with Crippen LogP contribution in [0.2, 0.25) is 0 Å². The summed E-state index contributed by atoms with van der Waals surface area (Å²) < 4.78 is 25.4. The van der Waals surface area contributed by atoms with Crippen LogP contribution in [0.1, 0.15) is 22.3 Å². The van der Waals surface area contributed by atoms with Gasteiger partial charge in [0.05, 0.1) is 9.79 Å². The topological polar surface area (TPSA) is 34.1 Å². The Kier molecular flexibility index (Phi) is 2.42. The Hall–Kier alpha value is -1.61. The minimum absolute atomic E-state index is 0.446. The Morgan fingerprint density at radius 3 is 2.05 bits per heavy atom. The van der Waals surface area contributed by atoms with Gasteiger partial charge < -0.3 is 0 Å². The van der Waals surface area contributed by atoms with E-state index in [4.69, 9.17) is 0 Å². The minimum Gasteiger partial charge on any atom is -0.218 e. The Balaban J connectivity index is 2.61. The zero-order valence-corrected chi connectivity index (χ0v) is 12.4. The maximum Gasteiger partial charge on any atom is 0.208 e. The van der Waals surface area contributed by atoms with Crippen LogP contribution in [0.5, 0.6) is 0 Å². The number of rotatable bonds is 0. The lowest BCUT2D eigenvalue weighted by molar-refractivity contribution is 0.598. The van der Waals surface area contributed by atoms with Gasteiger partial charge in [-0.3, -0.25) is 0 Å². The van der Waals surface area contributed by atoms with Crippen LogP contribution in [0.15, 0.2) is 34.1 Å². The van der Waals surface area contributed by atoms with Crippen molar-refractivity contribution < 1.29 is 8.42 Å². The highest BCUT2D eigenvalue weighted by Crippen LogP contribution is 2.47. The van der Waals surface area contributed by atoms with E-state index in [0.717, 1.165) is 27.8 Å². The van der Waals surface area contributed by atoms with Crippen LogP contribution in [0, 0.1) is 27.7 Å². The van der Waals surface area contributed by atoms with Gasteiger partial charge in [-0.25, -0.2) is 8.42 Å². The van der Waals surface area contributed by atoms with Gasteiger partial charge in [-0.2, -0.15) is 0 Å². The highest BCUT2D eigenvalue weighted by atomic mass is 32.2. The predicted octanol–water partition coefficient (Wildman–Crippen LogP) is 3.73. The second kappa shape index (κ2) is 3.70. The summed E-state index contributed by atoms with van der Waals surface area (Å²) in [6.45, 7) is 7.98. The van der Waals surface area contributed by atoms with Gasteiger partial charge in [0.1, 0.15) is 0 Å². The van der Waals surface area contributed by atoms with E-state index in [1.54, 1.807) is 12.1 Å². The Morgan fingerprint density at radius 2 is 1.37 bits per heavy atom. The SMILES string of the molecule is Cc1c(C)c(C)c2c(c1C)-c1ccccc1S2(=O)=O. The molecular formula is C16H16O2S. The first-order chi connectivity index (χ1) is 8.87. The molecule has 0 bridgehead atoms. The van der Waals surface area contributed by atoms with Gasteiger partial charge in [0, 0.05) is 11.1 Å². The molecule has 98 valence electrons. The summed E-state index contributed by atoms with van der Waals surface area (Å²) in [6, 6.07) is 7.29. The fourth-order valence-electron chi connectivity index (χ4n) is 2.96. The minimum atomic E-state index is -3.36. The monoisotopic (exact) mass is 272 g/mol. The lowest BCUT2D eigenvalue weighted by Crippen LogP contribution is -2.03. The lowest BCUT2D eigenvalue weighted by atomic mass is 9.91. The molecule has 3 heteroatoms.